The van der Waals surface area contributed by atoms with Crippen molar-refractivity contribution >= 4 is 17.1 Å². The van der Waals surface area contributed by atoms with Gasteiger partial charge in [0, 0.05) is 26.4 Å². The fourth-order valence-electron chi connectivity index (χ4n) is 3.99. The van der Waals surface area contributed by atoms with Crippen LogP contribution in [-0.2, 0) is 17.7 Å². The van der Waals surface area contributed by atoms with Gasteiger partial charge in [-0.15, -0.1) is 0 Å². The molecule has 0 N–H and O–H groups in total. The molecule has 0 aliphatic heterocycles. The standard InChI is InChI=1S/C30H62O4Si2/c1-8-14-20-22-28-35(31-24-16-10-3,32-25-17-11-4)30(7)36(33-26-18-12-5,34-27-19-13-6)29-23-21-15-9-2/h22-23,28-30H,8-21,24-27H2,1-7H3. The Morgan fingerprint density at radius 2 is 0.750 bits per heavy atom. The van der Waals surface area contributed by atoms with Crippen molar-refractivity contribution in [1.82, 2.24) is 0 Å². The van der Waals surface area contributed by atoms with E-state index >= 15 is 0 Å². The lowest BCUT2D eigenvalue weighted by atomic mass is 10.2. The predicted molar refractivity (Wildman–Crippen MR) is 162 cm³/mol. The van der Waals surface area contributed by atoms with Crippen LogP contribution in [0.4, 0.5) is 0 Å². The number of unbranched alkanes of at least 4 members (excludes halogenated alkanes) is 8. The average molecular weight is 543 g/mol. The minimum atomic E-state index is -2.77. The number of allylic oxidation sites excluding steroid dienone is 2. The summed E-state index contributed by atoms with van der Waals surface area (Å²) in [7, 11) is -5.54. The van der Waals surface area contributed by atoms with Crippen molar-refractivity contribution in [3.8, 4) is 0 Å². The molecular formula is C30H62O4Si2. The maximum Gasteiger partial charge on any atom is 0.369 e. The van der Waals surface area contributed by atoms with Gasteiger partial charge in [0.15, 0.2) is 0 Å². The van der Waals surface area contributed by atoms with Crippen LogP contribution in [-0.4, -0.2) is 43.5 Å². The van der Waals surface area contributed by atoms with Crippen molar-refractivity contribution in [2.75, 3.05) is 26.4 Å². The van der Waals surface area contributed by atoms with E-state index in [1.54, 1.807) is 0 Å². The summed E-state index contributed by atoms with van der Waals surface area (Å²) in [6.07, 6.45) is 20.3. The van der Waals surface area contributed by atoms with Crippen molar-refractivity contribution in [2.45, 2.75) is 144 Å². The van der Waals surface area contributed by atoms with E-state index in [2.05, 4.69) is 72.0 Å². The van der Waals surface area contributed by atoms with Crippen molar-refractivity contribution in [1.29, 1.82) is 0 Å². The van der Waals surface area contributed by atoms with E-state index in [0.29, 0.717) is 0 Å². The third-order valence-corrected chi connectivity index (χ3v) is 15.5. The van der Waals surface area contributed by atoms with E-state index < -0.39 is 17.1 Å². The molecule has 4 nitrogen and oxygen atoms in total. The Bertz CT molecular complexity index is 473. The molecule has 0 heterocycles. The van der Waals surface area contributed by atoms with E-state index in [4.69, 9.17) is 17.7 Å². The second kappa shape index (κ2) is 23.8. The van der Waals surface area contributed by atoms with Crippen LogP contribution in [0, 0.1) is 0 Å². The van der Waals surface area contributed by atoms with Gasteiger partial charge in [0.05, 0.1) is 5.16 Å². The van der Waals surface area contributed by atoms with Gasteiger partial charge in [-0.1, -0.05) is 112 Å². The van der Waals surface area contributed by atoms with Crippen molar-refractivity contribution in [3.63, 3.8) is 0 Å². The molecule has 36 heavy (non-hydrogen) atoms. The molecule has 0 rings (SSSR count). The summed E-state index contributed by atoms with van der Waals surface area (Å²) in [5.41, 5.74) is 4.71. The van der Waals surface area contributed by atoms with Gasteiger partial charge in [0.1, 0.15) is 0 Å². The highest BCUT2D eigenvalue weighted by atomic mass is 28.4. The van der Waals surface area contributed by atoms with Crippen LogP contribution in [0.3, 0.4) is 0 Å². The average Bonchev–Trinajstić information content (AvgIpc) is 2.88. The van der Waals surface area contributed by atoms with Crippen LogP contribution < -0.4 is 0 Å². The molecule has 0 radical (unpaired) electrons. The normalized spacial score (nSPS) is 13.9. The third-order valence-electron chi connectivity index (χ3n) is 6.66. The summed E-state index contributed by atoms with van der Waals surface area (Å²) in [5, 5.41) is 0.100. The molecule has 0 aliphatic carbocycles. The fraction of sp³-hybridized carbons (Fsp3) is 0.867. The zero-order valence-corrected chi connectivity index (χ0v) is 27.2. The molecule has 0 unspecified atom stereocenters. The highest BCUT2D eigenvalue weighted by molar-refractivity contribution is 6.92. The van der Waals surface area contributed by atoms with Gasteiger partial charge in [-0.25, -0.2) is 0 Å². The molecule has 0 spiro atoms. The minimum Gasteiger partial charge on any atom is -0.391 e. The SMILES string of the molecule is CCCCC=C[Si](OCCCC)(OCCCC)C(C)[Si](C=CCCCC)(OCCCC)OCCCC. The molecule has 0 aromatic rings. The Balaban J connectivity index is 6.50. The van der Waals surface area contributed by atoms with Gasteiger partial charge < -0.3 is 17.7 Å². The van der Waals surface area contributed by atoms with E-state index in [1.807, 2.05) is 0 Å². The van der Waals surface area contributed by atoms with Crippen LogP contribution in [0.2, 0.25) is 5.16 Å². The van der Waals surface area contributed by atoms with E-state index in [-0.39, 0.29) is 5.16 Å². The third kappa shape index (κ3) is 14.6. The van der Waals surface area contributed by atoms with Crippen LogP contribution >= 0.6 is 0 Å². The Labute approximate surface area is 228 Å². The number of hydrogen-bond acceptors (Lipinski definition) is 4. The Morgan fingerprint density at radius 3 is 1.00 bits per heavy atom. The lowest BCUT2D eigenvalue weighted by molar-refractivity contribution is 0.144. The summed E-state index contributed by atoms with van der Waals surface area (Å²) in [6.45, 7) is 18.7. The van der Waals surface area contributed by atoms with Crippen LogP contribution in [0.1, 0.15) is 138 Å². The second-order valence-corrected chi connectivity index (χ2v) is 17.1. The molecule has 6 heteroatoms. The molecule has 0 aromatic carbocycles. The topological polar surface area (TPSA) is 36.9 Å². The first-order valence-electron chi connectivity index (χ1n) is 15.4. The fourth-order valence-corrected chi connectivity index (χ4v) is 12.8. The molecule has 0 aliphatic rings. The van der Waals surface area contributed by atoms with Crippen molar-refractivity contribution in [3.05, 3.63) is 23.6 Å². The van der Waals surface area contributed by atoms with E-state index in [0.717, 1.165) is 90.6 Å². The summed E-state index contributed by atoms with van der Waals surface area (Å²) < 4.78 is 27.5. The van der Waals surface area contributed by atoms with Crippen LogP contribution in [0.25, 0.3) is 0 Å². The molecule has 0 saturated carbocycles. The molecule has 0 amide bonds. The Morgan fingerprint density at radius 1 is 0.472 bits per heavy atom. The van der Waals surface area contributed by atoms with Gasteiger partial charge >= 0.3 is 17.1 Å². The van der Waals surface area contributed by atoms with Crippen LogP contribution in [0.5, 0.6) is 0 Å². The van der Waals surface area contributed by atoms with Crippen LogP contribution in [0.15, 0.2) is 23.6 Å². The Kier molecular flexibility index (Phi) is 23.7. The van der Waals surface area contributed by atoms with Crippen molar-refractivity contribution in [2.24, 2.45) is 0 Å². The molecule has 214 valence electrons. The first-order valence-corrected chi connectivity index (χ1v) is 19.4. The highest BCUT2D eigenvalue weighted by Crippen LogP contribution is 2.38. The number of rotatable bonds is 26. The molecular weight excluding hydrogens is 480 g/mol. The predicted octanol–water partition coefficient (Wildman–Crippen LogP) is 9.64. The maximum absolute atomic E-state index is 6.88. The summed E-state index contributed by atoms with van der Waals surface area (Å²) in [5.74, 6) is 0. The quantitative estimate of drug-likeness (QED) is 0.0805. The van der Waals surface area contributed by atoms with E-state index in [1.165, 1.54) is 25.7 Å². The smallest absolute Gasteiger partial charge is 0.369 e. The molecule has 0 bridgehead atoms. The van der Waals surface area contributed by atoms with Gasteiger partial charge in [-0.2, -0.15) is 0 Å². The van der Waals surface area contributed by atoms with Gasteiger partial charge in [-0.3, -0.25) is 0 Å². The molecule has 0 atom stereocenters. The zero-order chi connectivity index (χ0) is 27.0. The molecule has 0 fully saturated rings. The molecule has 0 aromatic heterocycles. The lowest BCUT2D eigenvalue weighted by Crippen LogP contribution is -2.59. The highest BCUT2D eigenvalue weighted by Gasteiger charge is 2.56. The largest absolute Gasteiger partial charge is 0.391 e. The minimum absolute atomic E-state index is 0.100. The van der Waals surface area contributed by atoms with E-state index in [9.17, 15) is 0 Å². The monoisotopic (exact) mass is 542 g/mol. The zero-order valence-electron chi connectivity index (χ0n) is 25.2. The summed E-state index contributed by atoms with van der Waals surface area (Å²) in [6, 6.07) is 0. The van der Waals surface area contributed by atoms with Gasteiger partial charge in [-0.05, 0) is 49.9 Å². The first-order chi connectivity index (χ1) is 17.5. The maximum atomic E-state index is 6.88. The number of hydrogen-bond donors (Lipinski definition) is 0. The van der Waals surface area contributed by atoms with Crippen molar-refractivity contribution < 1.29 is 17.7 Å². The summed E-state index contributed by atoms with van der Waals surface area (Å²) >= 11 is 0. The first kappa shape index (κ1) is 35.8. The molecule has 0 saturated heterocycles. The second-order valence-electron chi connectivity index (χ2n) is 10.1. The van der Waals surface area contributed by atoms with Gasteiger partial charge in [0.25, 0.3) is 0 Å². The lowest BCUT2D eigenvalue weighted by Gasteiger charge is -2.42. The van der Waals surface area contributed by atoms with Gasteiger partial charge in [0.2, 0.25) is 0 Å². The Hall–Kier alpha value is -0.246. The summed E-state index contributed by atoms with van der Waals surface area (Å²) in [4.78, 5) is 0.